The second kappa shape index (κ2) is 10.9. The van der Waals surface area contributed by atoms with E-state index in [0.717, 1.165) is 23.3 Å². The lowest BCUT2D eigenvalue weighted by molar-refractivity contribution is 0.363. The van der Waals surface area contributed by atoms with Gasteiger partial charge in [-0.1, -0.05) is 62.3 Å². The van der Waals surface area contributed by atoms with Gasteiger partial charge in [0.25, 0.3) is 0 Å². The average Bonchev–Trinajstić information content (AvgIpc) is 2.67. The second-order valence-corrected chi connectivity index (χ2v) is 5.88. The van der Waals surface area contributed by atoms with Crippen LogP contribution in [0.4, 0.5) is 0 Å². The Bertz CT molecular complexity index is 718. The molecule has 2 aromatic rings. The van der Waals surface area contributed by atoms with Crippen molar-refractivity contribution in [3.63, 3.8) is 0 Å². The van der Waals surface area contributed by atoms with Gasteiger partial charge in [-0.05, 0) is 54.3 Å². The number of hydrogen-bond donors (Lipinski definition) is 0. The summed E-state index contributed by atoms with van der Waals surface area (Å²) >= 11 is 0. The standard InChI is InChI=1S/C23H25NO/c1-2-3-4-5-6-7-8-9-18-25-23-16-14-22(15-17-23)21-12-10-20(19-24)11-13-21/h6-17H,2-5,18H2,1H3. The lowest BCUT2D eigenvalue weighted by Crippen LogP contribution is -1.92. The van der Waals surface area contributed by atoms with Crippen LogP contribution in [-0.4, -0.2) is 6.61 Å². The lowest BCUT2D eigenvalue weighted by Gasteiger charge is -2.05. The summed E-state index contributed by atoms with van der Waals surface area (Å²) in [4.78, 5) is 0. The number of hydrogen-bond acceptors (Lipinski definition) is 2. The van der Waals surface area contributed by atoms with Crippen molar-refractivity contribution in [1.82, 2.24) is 0 Å². The maximum atomic E-state index is 8.84. The van der Waals surface area contributed by atoms with Gasteiger partial charge in [-0.2, -0.15) is 5.26 Å². The van der Waals surface area contributed by atoms with Gasteiger partial charge < -0.3 is 4.74 Å². The summed E-state index contributed by atoms with van der Waals surface area (Å²) in [5.41, 5.74) is 2.89. The number of unbranched alkanes of at least 4 members (excludes halogenated alkanes) is 3. The number of nitrogens with zero attached hydrogens (tertiary/aromatic N) is 1. The highest BCUT2D eigenvalue weighted by Gasteiger charge is 1.99. The minimum Gasteiger partial charge on any atom is -0.490 e. The average molecular weight is 331 g/mol. The van der Waals surface area contributed by atoms with E-state index in [4.69, 9.17) is 10.00 Å². The van der Waals surface area contributed by atoms with Gasteiger partial charge in [0.2, 0.25) is 0 Å². The minimum atomic E-state index is 0.565. The first-order valence-electron chi connectivity index (χ1n) is 8.88. The Balaban J connectivity index is 1.77. The molecule has 0 heterocycles. The first kappa shape index (κ1) is 18.5. The summed E-state index contributed by atoms with van der Waals surface area (Å²) in [5.74, 6) is 0.856. The molecule has 0 unspecified atom stereocenters. The summed E-state index contributed by atoms with van der Waals surface area (Å²) in [7, 11) is 0. The maximum Gasteiger partial charge on any atom is 0.119 e. The Morgan fingerprint density at radius 1 is 0.880 bits per heavy atom. The Hall–Kier alpha value is -2.79. The zero-order chi connectivity index (χ0) is 17.7. The smallest absolute Gasteiger partial charge is 0.119 e. The number of ether oxygens (including phenoxy) is 1. The quantitative estimate of drug-likeness (QED) is 0.399. The molecular formula is C23H25NO. The molecule has 0 bridgehead atoms. The zero-order valence-electron chi connectivity index (χ0n) is 14.8. The third-order valence-corrected chi connectivity index (χ3v) is 3.91. The summed E-state index contributed by atoms with van der Waals surface area (Å²) < 4.78 is 5.71. The number of benzene rings is 2. The molecule has 0 saturated heterocycles. The molecule has 2 aromatic carbocycles. The van der Waals surface area contributed by atoms with Gasteiger partial charge in [-0.15, -0.1) is 0 Å². The minimum absolute atomic E-state index is 0.565. The van der Waals surface area contributed by atoms with Gasteiger partial charge in [0, 0.05) is 0 Å². The van der Waals surface area contributed by atoms with Crippen LogP contribution < -0.4 is 4.74 Å². The van der Waals surface area contributed by atoms with Crippen LogP contribution in [0.2, 0.25) is 0 Å². The summed E-state index contributed by atoms with van der Waals surface area (Å²) in [6.45, 7) is 2.79. The molecule has 0 saturated carbocycles. The highest BCUT2D eigenvalue weighted by Crippen LogP contribution is 2.22. The third kappa shape index (κ3) is 6.69. The molecule has 0 radical (unpaired) electrons. The van der Waals surface area contributed by atoms with Gasteiger partial charge in [0.1, 0.15) is 12.4 Å². The molecule has 2 heteroatoms. The van der Waals surface area contributed by atoms with E-state index in [1.807, 2.05) is 60.7 Å². The summed E-state index contributed by atoms with van der Waals surface area (Å²) in [6, 6.07) is 17.7. The maximum absolute atomic E-state index is 8.84. The lowest BCUT2D eigenvalue weighted by atomic mass is 10.0. The molecule has 0 fully saturated rings. The van der Waals surface area contributed by atoms with Crippen molar-refractivity contribution in [2.45, 2.75) is 32.6 Å². The fourth-order valence-corrected chi connectivity index (χ4v) is 2.45. The number of nitriles is 1. The largest absolute Gasteiger partial charge is 0.490 e. The zero-order valence-corrected chi connectivity index (χ0v) is 14.8. The van der Waals surface area contributed by atoms with Crippen molar-refractivity contribution in [1.29, 1.82) is 5.26 Å². The molecule has 0 aliphatic rings. The van der Waals surface area contributed by atoms with Gasteiger partial charge in [-0.3, -0.25) is 0 Å². The van der Waals surface area contributed by atoms with E-state index in [0.29, 0.717) is 12.2 Å². The molecule has 0 N–H and O–H groups in total. The molecule has 0 amide bonds. The normalized spacial score (nSPS) is 11.0. The third-order valence-electron chi connectivity index (χ3n) is 3.91. The van der Waals surface area contributed by atoms with E-state index in [1.54, 1.807) is 0 Å². The van der Waals surface area contributed by atoms with Gasteiger partial charge in [0.05, 0.1) is 11.6 Å². The molecule has 0 spiro atoms. The second-order valence-electron chi connectivity index (χ2n) is 5.88. The first-order valence-corrected chi connectivity index (χ1v) is 8.88. The van der Waals surface area contributed by atoms with E-state index < -0.39 is 0 Å². The Morgan fingerprint density at radius 2 is 1.52 bits per heavy atom. The highest BCUT2D eigenvalue weighted by molar-refractivity contribution is 5.64. The molecule has 0 atom stereocenters. The molecular weight excluding hydrogens is 306 g/mol. The van der Waals surface area contributed by atoms with E-state index in [1.165, 1.54) is 19.3 Å². The van der Waals surface area contributed by atoms with Crippen molar-refractivity contribution in [3.05, 3.63) is 78.4 Å². The Morgan fingerprint density at radius 3 is 2.16 bits per heavy atom. The Kier molecular flexibility index (Phi) is 8.08. The summed E-state index contributed by atoms with van der Waals surface area (Å²) in [6.07, 6.45) is 13.3. The van der Waals surface area contributed by atoms with Crippen LogP contribution in [0.5, 0.6) is 5.75 Å². The molecule has 0 aliphatic carbocycles. The summed E-state index contributed by atoms with van der Waals surface area (Å²) in [5, 5.41) is 8.84. The van der Waals surface area contributed by atoms with Gasteiger partial charge in [0.15, 0.2) is 0 Å². The van der Waals surface area contributed by atoms with Crippen LogP contribution in [0.3, 0.4) is 0 Å². The number of allylic oxidation sites excluding steroid dienone is 3. The van der Waals surface area contributed by atoms with Crippen LogP contribution in [0.15, 0.2) is 72.8 Å². The highest BCUT2D eigenvalue weighted by atomic mass is 16.5. The van der Waals surface area contributed by atoms with E-state index >= 15 is 0 Å². The monoisotopic (exact) mass is 331 g/mol. The molecule has 128 valence electrons. The number of rotatable bonds is 9. The van der Waals surface area contributed by atoms with E-state index in [9.17, 15) is 0 Å². The fraction of sp³-hybridized carbons (Fsp3) is 0.261. The predicted molar refractivity (Wildman–Crippen MR) is 105 cm³/mol. The molecule has 2 nitrogen and oxygen atoms in total. The van der Waals surface area contributed by atoms with Crippen molar-refractivity contribution in [3.8, 4) is 22.9 Å². The fourth-order valence-electron chi connectivity index (χ4n) is 2.45. The molecule has 0 aliphatic heterocycles. The van der Waals surface area contributed by atoms with E-state index in [2.05, 4.69) is 25.1 Å². The van der Waals surface area contributed by atoms with E-state index in [-0.39, 0.29) is 0 Å². The van der Waals surface area contributed by atoms with Gasteiger partial charge in [-0.25, -0.2) is 0 Å². The molecule has 2 rings (SSSR count). The van der Waals surface area contributed by atoms with Crippen LogP contribution in [0.25, 0.3) is 11.1 Å². The SMILES string of the molecule is CCCCCC=CC=CCOc1ccc(-c2ccc(C#N)cc2)cc1. The Labute approximate surface area is 151 Å². The van der Waals surface area contributed by atoms with Crippen molar-refractivity contribution >= 4 is 0 Å². The van der Waals surface area contributed by atoms with Crippen LogP contribution in [-0.2, 0) is 0 Å². The van der Waals surface area contributed by atoms with Crippen molar-refractivity contribution in [2.75, 3.05) is 6.61 Å². The first-order chi connectivity index (χ1) is 12.3. The topological polar surface area (TPSA) is 33.0 Å². The van der Waals surface area contributed by atoms with Crippen LogP contribution >= 0.6 is 0 Å². The van der Waals surface area contributed by atoms with Crippen LogP contribution in [0, 0.1) is 11.3 Å². The molecule has 0 aromatic heterocycles. The predicted octanol–water partition coefficient (Wildman–Crippen LogP) is 6.30. The van der Waals surface area contributed by atoms with Crippen molar-refractivity contribution in [2.24, 2.45) is 0 Å². The van der Waals surface area contributed by atoms with Gasteiger partial charge >= 0.3 is 0 Å². The molecule has 25 heavy (non-hydrogen) atoms. The van der Waals surface area contributed by atoms with Crippen LogP contribution in [0.1, 0.15) is 38.2 Å². The van der Waals surface area contributed by atoms with Crippen molar-refractivity contribution < 1.29 is 4.74 Å².